The third-order valence-electron chi connectivity index (χ3n) is 3.36. The molecule has 4 nitrogen and oxygen atoms in total. The fraction of sp³-hybridized carbons (Fsp3) is 0.0588. The quantitative estimate of drug-likeness (QED) is 0.546. The first kappa shape index (κ1) is 15.5. The molecule has 116 valence electrons. The van der Waals surface area contributed by atoms with Crippen molar-refractivity contribution in [2.75, 3.05) is 0 Å². The molecule has 3 rings (SSSR count). The number of nitrogens with zero attached hydrogens (tertiary/aromatic N) is 1. The van der Waals surface area contributed by atoms with Crippen molar-refractivity contribution in [1.82, 2.24) is 5.43 Å². The number of thiophene rings is 1. The molecule has 23 heavy (non-hydrogen) atoms. The molecular formula is C17H13ClN2O2S. The number of amides is 1. The van der Waals surface area contributed by atoms with Gasteiger partial charge in [-0.3, -0.25) is 4.79 Å². The van der Waals surface area contributed by atoms with Gasteiger partial charge in [-0.25, -0.2) is 5.43 Å². The molecule has 6 heteroatoms. The molecule has 0 aliphatic rings. The van der Waals surface area contributed by atoms with Crippen molar-refractivity contribution >= 4 is 44.6 Å². The smallest absolute Gasteiger partial charge is 0.283 e. The number of hydrazone groups is 1. The second kappa shape index (κ2) is 6.40. The summed E-state index contributed by atoms with van der Waals surface area (Å²) in [6.07, 6.45) is 0. The number of carbonyl (C=O) groups excluding carboxylic acids is 1. The van der Waals surface area contributed by atoms with Gasteiger partial charge in [-0.05, 0) is 25.1 Å². The van der Waals surface area contributed by atoms with Crippen LogP contribution in [0, 0.1) is 0 Å². The molecular weight excluding hydrogens is 332 g/mol. The Hall–Kier alpha value is -2.37. The van der Waals surface area contributed by atoms with Crippen LogP contribution < -0.4 is 5.43 Å². The summed E-state index contributed by atoms with van der Waals surface area (Å²) in [5.41, 5.74) is 3.56. The van der Waals surface area contributed by atoms with E-state index in [9.17, 15) is 9.90 Å². The average molecular weight is 345 g/mol. The molecule has 0 aliphatic carbocycles. The van der Waals surface area contributed by atoms with E-state index in [1.807, 2.05) is 24.3 Å². The normalized spacial score (nSPS) is 11.7. The number of fused-ring (bicyclic) bond motifs is 1. The van der Waals surface area contributed by atoms with E-state index in [1.165, 1.54) is 11.3 Å². The van der Waals surface area contributed by atoms with E-state index in [4.69, 9.17) is 11.6 Å². The summed E-state index contributed by atoms with van der Waals surface area (Å²) in [7, 11) is 0. The average Bonchev–Trinajstić information content (AvgIpc) is 2.90. The molecule has 1 amide bonds. The minimum absolute atomic E-state index is 0.114. The summed E-state index contributed by atoms with van der Waals surface area (Å²) in [5.74, 6) is -0.256. The molecule has 0 aliphatic heterocycles. The highest BCUT2D eigenvalue weighted by Gasteiger charge is 2.16. The van der Waals surface area contributed by atoms with Gasteiger partial charge in [0, 0.05) is 15.6 Å². The Balaban J connectivity index is 1.85. The highest BCUT2D eigenvalue weighted by Crippen LogP contribution is 2.34. The Bertz CT molecular complexity index is 918. The zero-order valence-electron chi connectivity index (χ0n) is 12.2. The summed E-state index contributed by atoms with van der Waals surface area (Å²) in [4.78, 5) is 12.7. The van der Waals surface area contributed by atoms with Crippen molar-refractivity contribution < 1.29 is 9.90 Å². The third kappa shape index (κ3) is 3.06. The lowest BCUT2D eigenvalue weighted by Gasteiger charge is -2.04. The number of phenols is 1. The SMILES string of the molecule is CC(=NNC(=O)c1sc2ccccc2c1Cl)c1ccccc1O. The van der Waals surface area contributed by atoms with Crippen LogP contribution in [0.15, 0.2) is 53.6 Å². The zero-order chi connectivity index (χ0) is 16.4. The van der Waals surface area contributed by atoms with Crippen LogP contribution in [0.25, 0.3) is 10.1 Å². The van der Waals surface area contributed by atoms with E-state index in [0.29, 0.717) is 21.2 Å². The predicted octanol–water partition coefficient (Wildman–Crippen LogP) is 4.41. The van der Waals surface area contributed by atoms with Gasteiger partial charge in [0.05, 0.1) is 10.7 Å². The van der Waals surface area contributed by atoms with Gasteiger partial charge in [0.15, 0.2) is 0 Å². The highest BCUT2D eigenvalue weighted by molar-refractivity contribution is 7.21. The van der Waals surface area contributed by atoms with E-state index in [2.05, 4.69) is 10.5 Å². The van der Waals surface area contributed by atoms with Gasteiger partial charge in [-0.1, -0.05) is 41.9 Å². The van der Waals surface area contributed by atoms with Crippen molar-refractivity contribution in [2.24, 2.45) is 5.10 Å². The molecule has 0 radical (unpaired) electrons. The van der Waals surface area contributed by atoms with Crippen molar-refractivity contribution in [3.63, 3.8) is 0 Å². The summed E-state index contributed by atoms with van der Waals surface area (Å²) >= 11 is 7.59. The molecule has 0 saturated heterocycles. The number of phenolic OH excluding ortho intramolecular Hbond substituents is 1. The van der Waals surface area contributed by atoms with Crippen LogP contribution >= 0.6 is 22.9 Å². The fourth-order valence-electron chi connectivity index (χ4n) is 2.19. The largest absolute Gasteiger partial charge is 0.507 e. The Labute approximate surface area is 142 Å². The lowest BCUT2D eigenvalue weighted by atomic mass is 10.1. The summed E-state index contributed by atoms with van der Waals surface area (Å²) in [5, 5.41) is 15.1. The van der Waals surface area contributed by atoms with Crippen molar-refractivity contribution in [3.8, 4) is 5.75 Å². The second-order valence-electron chi connectivity index (χ2n) is 4.90. The van der Waals surface area contributed by atoms with E-state index in [1.54, 1.807) is 31.2 Å². The standard InChI is InChI=1S/C17H13ClN2O2S/c1-10(11-6-2-4-8-13(11)21)19-20-17(22)16-15(18)12-7-3-5-9-14(12)23-16/h2-9,21H,1H3,(H,20,22). The molecule has 0 unspecified atom stereocenters. The maximum Gasteiger partial charge on any atom is 0.283 e. The number of benzene rings is 2. The number of rotatable bonds is 3. The minimum atomic E-state index is -0.369. The van der Waals surface area contributed by atoms with E-state index in [-0.39, 0.29) is 11.7 Å². The first-order valence-electron chi connectivity index (χ1n) is 6.88. The molecule has 0 saturated carbocycles. The summed E-state index contributed by atoms with van der Waals surface area (Å²) in [6, 6.07) is 14.4. The number of aromatic hydroxyl groups is 1. The Morgan fingerprint density at radius 1 is 1.17 bits per heavy atom. The number of para-hydroxylation sites is 1. The number of hydrogen-bond donors (Lipinski definition) is 2. The Morgan fingerprint density at radius 2 is 1.87 bits per heavy atom. The van der Waals surface area contributed by atoms with Crippen LogP contribution in [0.5, 0.6) is 5.75 Å². The second-order valence-corrected chi connectivity index (χ2v) is 6.33. The van der Waals surface area contributed by atoms with E-state index >= 15 is 0 Å². The number of hydrogen-bond acceptors (Lipinski definition) is 4. The first-order valence-corrected chi connectivity index (χ1v) is 8.07. The van der Waals surface area contributed by atoms with Crippen molar-refractivity contribution in [2.45, 2.75) is 6.92 Å². The van der Waals surface area contributed by atoms with Gasteiger partial charge in [0.25, 0.3) is 5.91 Å². The van der Waals surface area contributed by atoms with E-state index < -0.39 is 0 Å². The monoisotopic (exact) mass is 344 g/mol. The molecule has 0 fully saturated rings. The molecule has 2 aromatic carbocycles. The fourth-order valence-corrected chi connectivity index (χ4v) is 3.59. The lowest BCUT2D eigenvalue weighted by Crippen LogP contribution is -2.18. The van der Waals surface area contributed by atoms with Crippen LogP contribution in [0.3, 0.4) is 0 Å². The van der Waals surface area contributed by atoms with Gasteiger partial charge < -0.3 is 5.11 Å². The predicted molar refractivity (Wildman–Crippen MR) is 94.6 cm³/mol. The molecule has 3 aromatic rings. The lowest BCUT2D eigenvalue weighted by molar-refractivity contribution is 0.0959. The summed E-state index contributed by atoms with van der Waals surface area (Å²) < 4.78 is 0.948. The van der Waals surface area contributed by atoms with Gasteiger partial charge >= 0.3 is 0 Å². The van der Waals surface area contributed by atoms with Crippen LogP contribution in [-0.2, 0) is 0 Å². The van der Waals surface area contributed by atoms with E-state index in [0.717, 1.165) is 10.1 Å². The number of nitrogens with one attached hydrogen (secondary N) is 1. The first-order chi connectivity index (χ1) is 11.1. The van der Waals surface area contributed by atoms with Gasteiger partial charge in [-0.15, -0.1) is 11.3 Å². The zero-order valence-corrected chi connectivity index (χ0v) is 13.8. The third-order valence-corrected chi connectivity index (χ3v) is 5.03. The molecule has 0 spiro atoms. The van der Waals surface area contributed by atoms with Crippen LogP contribution in [0.4, 0.5) is 0 Å². The Kier molecular flexibility index (Phi) is 4.32. The summed E-state index contributed by atoms with van der Waals surface area (Å²) in [6.45, 7) is 1.71. The highest BCUT2D eigenvalue weighted by atomic mass is 35.5. The van der Waals surface area contributed by atoms with Crippen molar-refractivity contribution in [3.05, 3.63) is 64.0 Å². The van der Waals surface area contributed by atoms with Gasteiger partial charge in [0.2, 0.25) is 0 Å². The number of halogens is 1. The Morgan fingerprint density at radius 3 is 2.61 bits per heavy atom. The van der Waals surface area contributed by atoms with Crippen LogP contribution in [0.2, 0.25) is 5.02 Å². The number of carbonyl (C=O) groups is 1. The van der Waals surface area contributed by atoms with Crippen molar-refractivity contribution in [1.29, 1.82) is 0 Å². The molecule has 0 bridgehead atoms. The maximum atomic E-state index is 12.3. The van der Waals surface area contributed by atoms with Gasteiger partial charge in [-0.2, -0.15) is 5.10 Å². The molecule has 1 heterocycles. The van der Waals surface area contributed by atoms with Crippen LogP contribution in [-0.4, -0.2) is 16.7 Å². The molecule has 0 atom stereocenters. The molecule has 1 aromatic heterocycles. The van der Waals surface area contributed by atoms with Gasteiger partial charge in [0.1, 0.15) is 10.6 Å². The minimum Gasteiger partial charge on any atom is -0.507 e. The molecule has 2 N–H and O–H groups in total. The topological polar surface area (TPSA) is 61.7 Å². The maximum absolute atomic E-state index is 12.3. The van der Waals surface area contributed by atoms with Crippen LogP contribution in [0.1, 0.15) is 22.2 Å².